The van der Waals surface area contributed by atoms with Gasteiger partial charge in [-0.2, -0.15) is 4.52 Å². The van der Waals surface area contributed by atoms with Crippen LogP contribution in [0, 0.1) is 3.70 Å². The van der Waals surface area contributed by atoms with Crippen LogP contribution < -0.4 is 0 Å². The van der Waals surface area contributed by atoms with Gasteiger partial charge in [0, 0.05) is 0 Å². The monoisotopic (exact) mass is 297 g/mol. The number of rotatable bonds is 1. The van der Waals surface area contributed by atoms with Gasteiger partial charge in [-0.25, -0.2) is 4.98 Å². The van der Waals surface area contributed by atoms with E-state index < -0.39 is 0 Å². The number of fused-ring (bicyclic) bond motifs is 1. The van der Waals surface area contributed by atoms with E-state index >= 15 is 0 Å². The topological polar surface area (TPSA) is 30.2 Å². The zero-order chi connectivity index (χ0) is 7.84. The summed E-state index contributed by atoms with van der Waals surface area (Å²) in [5.41, 5.74) is 0. The molecule has 0 aliphatic carbocycles. The number of imidazole rings is 1. The van der Waals surface area contributed by atoms with Crippen molar-refractivity contribution in [2.45, 2.75) is 4.34 Å². The molecule has 0 saturated carbocycles. The van der Waals surface area contributed by atoms with Crippen LogP contribution in [0.15, 0.2) is 10.5 Å². The van der Waals surface area contributed by atoms with E-state index in [0.717, 1.165) is 13.0 Å². The highest BCUT2D eigenvalue weighted by atomic mass is 127. The van der Waals surface area contributed by atoms with E-state index in [9.17, 15) is 0 Å². The van der Waals surface area contributed by atoms with Crippen molar-refractivity contribution in [1.29, 1.82) is 0 Å². The van der Waals surface area contributed by atoms with Crippen molar-refractivity contribution >= 4 is 50.7 Å². The summed E-state index contributed by atoms with van der Waals surface area (Å²) in [5.74, 6) is 0. The molecule has 0 unspecified atom stereocenters. The van der Waals surface area contributed by atoms with E-state index in [1.54, 1.807) is 23.1 Å². The quantitative estimate of drug-likeness (QED) is 0.596. The number of hydrogen-bond acceptors (Lipinski definition) is 4. The molecule has 2 aromatic heterocycles. The first-order chi connectivity index (χ1) is 5.31. The van der Waals surface area contributed by atoms with Crippen LogP contribution in [0.5, 0.6) is 0 Å². The number of aromatic nitrogens is 3. The van der Waals surface area contributed by atoms with Gasteiger partial charge in [0.1, 0.15) is 3.70 Å². The fraction of sp³-hybridized carbons (Fsp3) is 0.200. The first-order valence-corrected chi connectivity index (χ1v) is 5.97. The lowest BCUT2D eigenvalue weighted by molar-refractivity contribution is 0.895. The minimum Gasteiger partial charge on any atom is -0.225 e. The molecule has 0 aromatic carbocycles. The number of halogens is 1. The molecule has 0 radical (unpaired) electrons. The summed E-state index contributed by atoms with van der Waals surface area (Å²) >= 11 is 5.49. The van der Waals surface area contributed by atoms with Gasteiger partial charge >= 0.3 is 0 Å². The van der Waals surface area contributed by atoms with Crippen LogP contribution in [0.2, 0.25) is 0 Å². The lowest BCUT2D eigenvalue weighted by Crippen LogP contribution is -1.84. The lowest BCUT2D eigenvalue weighted by Gasteiger charge is -1.82. The fourth-order valence-electron chi connectivity index (χ4n) is 0.732. The van der Waals surface area contributed by atoms with Crippen molar-refractivity contribution in [2.24, 2.45) is 0 Å². The Labute approximate surface area is 85.3 Å². The molecule has 11 heavy (non-hydrogen) atoms. The van der Waals surface area contributed by atoms with Gasteiger partial charge in [0.25, 0.3) is 0 Å². The van der Waals surface area contributed by atoms with Crippen molar-refractivity contribution in [2.75, 3.05) is 6.26 Å². The molecule has 6 heteroatoms. The molecular formula is C5H4IN3S2. The Hall–Kier alpha value is 0.180. The van der Waals surface area contributed by atoms with Gasteiger partial charge < -0.3 is 0 Å². The van der Waals surface area contributed by atoms with Crippen molar-refractivity contribution < 1.29 is 0 Å². The van der Waals surface area contributed by atoms with Gasteiger partial charge in [-0.1, -0.05) is 23.1 Å². The first-order valence-electron chi connectivity index (χ1n) is 2.85. The van der Waals surface area contributed by atoms with Crippen LogP contribution in [0.3, 0.4) is 0 Å². The Balaban J connectivity index is 2.70. The molecule has 3 nitrogen and oxygen atoms in total. The molecule has 2 heterocycles. The molecule has 58 valence electrons. The Bertz CT molecular complexity index is 380. The maximum atomic E-state index is 4.32. The van der Waals surface area contributed by atoms with Gasteiger partial charge in [0.2, 0.25) is 4.96 Å². The highest BCUT2D eigenvalue weighted by Gasteiger charge is 2.05. The molecule has 0 aliphatic heterocycles. The summed E-state index contributed by atoms with van der Waals surface area (Å²) in [6.07, 6.45) is 3.84. The molecule has 0 amide bonds. The number of nitrogens with zero attached hydrogens (tertiary/aromatic N) is 3. The Morgan fingerprint density at radius 3 is 3.18 bits per heavy atom. The summed E-state index contributed by atoms with van der Waals surface area (Å²) in [6, 6.07) is 0. The molecule has 0 N–H and O–H groups in total. The van der Waals surface area contributed by atoms with E-state index in [1.807, 2.05) is 17.0 Å². The summed E-state index contributed by atoms with van der Waals surface area (Å²) in [4.78, 5) is 5.16. The second-order valence-electron chi connectivity index (χ2n) is 1.85. The third-order valence-corrected chi connectivity index (χ3v) is 3.83. The predicted octanol–water partition coefficient (Wildman–Crippen LogP) is 2.12. The maximum absolute atomic E-state index is 4.32. The molecule has 0 bridgehead atoms. The molecule has 2 rings (SSSR count). The van der Waals surface area contributed by atoms with Crippen LogP contribution in [-0.4, -0.2) is 20.9 Å². The molecule has 0 fully saturated rings. The van der Waals surface area contributed by atoms with Crippen LogP contribution in [0.25, 0.3) is 4.96 Å². The van der Waals surface area contributed by atoms with Crippen LogP contribution in [-0.2, 0) is 0 Å². The van der Waals surface area contributed by atoms with Crippen molar-refractivity contribution in [1.82, 2.24) is 14.6 Å². The average molecular weight is 297 g/mol. The molecule has 0 spiro atoms. The van der Waals surface area contributed by atoms with Gasteiger partial charge in [0.15, 0.2) is 4.34 Å². The summed E-state index contributed by atoms with van der Waals surface area (Å²) in [6.45, 7) is 0. The maximum Gasteiger partial charge on any atom is 0.213 e. The summed E-state index contributed by atoms with van der Waals surface area (Å²) in [5, 5.41) is 4.32. The van der Waals surface area contributed by atoms with Crippen LogP contribution in [0.1, 0.15) is 0 Å². The molecule has 2 aromatic rings. The van der Waals surface area contributed by atoms with Gasteiger partial charge in [0.05, 0.1) is 6.20 Å². The Kier molecular flexibility index (Phi) is 2.06. The number of hydrogen-bond donors (Lipinski definition) is 0. The minimum absolute atomic E-state index is 0.971. The molecule has 0 aliphatic rings. The Morgan fingerprint density at radius 1 is 1.73 bits per heavy atom. The van der Waals surface area contributed by atoms with Crippen molar-refractivity contribution in [3.05, 3.63) is 9.90 Å². The van der Waals surface area contributed by atoms with Gasteiger partial charge in [-0.05, 0) is 28.8 Å². The predicted molar refractivity (Wildman–Crippen MR) is 55.4 cm³/mol. The van der Waals surface area contributed by atoms with E-state index in [1.165, 1.54) is 0 Å². The second kappa shape index (κ2) is 2.91. The minimum atomic E-state index is 0.971. The zero-order valence-corrected chi connectivity index (χ0v) is 9.40. The fourth-order valence-corrected chi connectivity index (χ4v) is 2.70. The largest absolute Gasteiger partial charge is 0.225 e. The van der Waals surface area contributed by atoms with Crippen molar-refractivity contribution in [3.8, 4) is 0 Å². The standard InChI is InChI=1S/C5H4IN3S2/c1-10-5-8-9-3(6)2-7-4(9)11-5/h2H,1H3. The highest BCUT2D eigenvalue weighted by Crippen LogP contribution is 2.23. The van der Waals surface area contributed by atoms with Gasteiger partial charge in [-0.15, -0.1) is 5.10 Å². The van der Waals surface area contributed by atoms with Crippen LogP contribution in [0.4, 0.5) is 0 Å². The highest BCUT2D eigenvalue weighted by molar-refractivity contribution is 14.1. The third kappa shape index (κ3) is 1.27. The molecule has 0 saturated heterocycles. The van der Waals surface area contributed by atoms with Crippen LogP contribution >= 0.6 is 45.7 Å². The lowest BCUT2D eigenvalue weighted by atomic mass is 11.0. The second-order valence-corrected chi connectivity index (χ2v) is 4.96. The van der Waals surface area contributed by atoms with E-state index in [4.69, 9.17) is 0 Å². The SMILES string of the molecule is CSc1nn2c(I)cnc2s1. The molecule has 0 atom stereocenters. The summed E-state index contributed by atoms with van der Waals surface area (Å²) in [7, 11) is 0. The molecular weight excluding hydrogens is 293 g/mol. The van der Waals surface area contributed by atoms with Crippen molar-refractivity contribution in [3.63, 3.8) is 0 Å². The van der Waals surface area contributed by atoms with E-state index in [0.29, 0.717) is 0 Å². The van der Waals surface area contributed by atoms with E-state index in [-0.39, 0.29) is 0 Å². The summed E-state index contributed by atoms with van der Waals surface area (Å²) < 4.78 is 3.98. The number of thioether (sulfide) groups is 1. The van der Waals surface area contributed by atoms with Gasteiger partial charge in [-0.3, -0.25) is 0 Å². The smallest absolute Gasteiger partial charge is 0.213 e. The average Bonchev–Trinajstić information content (AvgIpc) is 2.53. The normalized spacial score (nSPS) is 11.1. The zero-order valence-electron chi connectivity index (χ0n) is 5.61. The van der Waals surface area contributed by atoms with E-state index in [2.05, 4.69) is 32.7 Å². The third-order valence-electron chi connectivity index (χ3n) is 1.20. The Morgan fingerprint density at radius 2 is 2.55 bits per heavy atom. The first kappa shape index (κ1) is 7.81.